The van der Waals surface area contributed by atoms with Gasteiger partial charge in [0.05, 0.1) is 19.2 Å². The molecule has 1 unspecified atom stereocenters. The van der Waals surface area contributed by atoms with E-state index in [1.165, 1.54) is 4.88 Å². The van der Waals surface area contributed by atoms with Crippen LogP contribution in [0.4, 0.5) is 0 Å². The first kappa shape index (κ1) is 15.7. The van der Waals surface area contributed by atoms with E-state index in [4.69, 9.17) is 4.74 Å². The number of carbonyl (C=O) groups excluding carboxylic acids is 1. The molecule has 0 saturated carbocycles. The largest absolute Gasteiger partial charge is 0.496 e. The lowest BCUT2D eigenvalue weighted by Gasteiger charge is -2.23. The number of benzene rings is 1. The van der Waals surface area contributed by atoms with E-state index in [1.54, 1.807) is 18.4 Å². The molecule has 0 aliphatic rings. The number of methoxy groups -OCH3 is 1. The Morgan fingerprint density at radius 2 is 2.05 bits per heavy atom. The first-order chi connectivity index (χ1) is 10.1. The average molecular weight is 303 g/mol. The Hall–Kier alpha value is -1.65. The van der Waals surface area contributed by atoms with Crippen LogP contribution in [0.1, 0.15) is 22.2 Å². The maximum Gasteiger partial charge on any atom is 0.180 e. The molecule has 4 heteroatoms. The monoisotopic (exact) mass is 303 g/mol. The van der Waals surface area contributed by atoms with Gasteiger partial charge in [-0.2, -0.15) is 0 Å². The highest BCUT2D eigenvalue weighted by Crippen LogP contribution is 2.19. The molecule has 1 atom stereocenters. The highest BCUT2D eigenvalue weighted by molar-refractivity contribution is 7.09. The summed E-state index contributed by atoms with van der Waals surface area (Å²) in [6.45, 7) is 2.54. The molecule has 1 aromatic heterocycles. The average Bonchev–Trinajstić information content (AvgIpc) is 2.99. The normalized spacial score (nSPS) is 12.4. The van der Waals surface area contributed by atoms with Crippen molar-refractivity contribution in [3.8, 4) is 5.75 Å². The van der Waals surface area contributed by atoms with Gasteiger partial charge in [-0.15, -0.1) is 11.3 Å². The molecule has 0 amide bonds. The maximum atomic E-state index is 12.4. The lowest BCUT2D eigenvalue weighted by atomic mass is 10.1. The van der Waals surface area contributed by atoms with Crippen molar-refractivity contribution in [1.82, 2.24) is 4.90 Å². The number of para-hydroxylation sites is 1. The molecule has 0 saturated heterocycles. The predicted octanol–water partition coefficient (Wildman–Crippen LogP) is 3.50. The van der Waals surface area contributed by atoms with Crippen molar-refractivity contribution in [1.29, 1.82) is 0 Å². The van der Waals surface area contributed by atoms with Crippen LogP contribution in [0.2, 0.25) is 0 Å². The van der Waals surface area contributed by atoms with Crippen molar-refractivity contribution < 1.29 is 9.53 Å². The van der Waals surface area contributed by atoms with Gasteiger partial charge in [0.25, 0.3) is 0 Å². The molecule has 1 aromatic carbocycles. The number of likely N-dealkylation sites (N-methyl/N-ethyl adjacent to an activating group) is 1. The van der Waals surface area contributed by atoms with Crippen LogP contribution in [0.5, 0.6) is 5.75 Å². The van der Waals surface area contributed by atoms with Gasteiger partial charge in [-0.3, -0.25) is 9.69 Å². The van der Waals surface area contributed by atoms with E-state index >= 15 is 0 Å². The van der Waals surface area contributed by atoms with Crippen LogP contribution in [0.15, 0.2) is 41.8 Å². The molecular formula is C17H21NO2S. The predicted molar refractivity (Wildman–Crippen MR) is 87.4 cm³/mol. The maximum absolute atomic E-state index is 12.4. The van der Waals surface area contributed by atoms with Crippen molar-refractivity contribution in [3.05, 3.63) is 52.2 Å². The van der Waals surface area contributed by atoms with Crippen LogP contribution in [0.3, 0.4) is 0 Å². The van der Waals surface area contributed by atoms with Crippen LogP contribution < -0.4 is 4.74 Å². The van der Waals surface area contributed by atoms with E-state index in [-0.39, 0.29) is 5.78 Å². The van der Waals surface area contributed by atoms with E-state index in [0.29, 0.717) is 23.9 Å². The highest BCUT2D eigenvalue weighted by atomic mass is 32.1. The summed E-state index contributed by atoms with van der Waals surface area (Å²) in [5, 5.41) is 2.09. The number of rotatable bonds is 7. The summed E-state index contributed by atoms with van der Waals surface area (Å²) in [5.74, 6) is 0.731. The number of hydrogen-bond donors (Lipinski definition) is 0. The van der Waals surface area contributed by atoms with E-state index < -0.39 is 0 Å². The van der Waals surface area contributed by atoms with E-state index in [1.807, 2.05) is 31.3 Å². The van der Waals surface area contributed by atoms with Crippen molar-refractivity contribution in [3.63, 3.8) is 0 Å². The summed E-state index contributed by atoms with van der Waals surface area (Å²) >= 11 is 1.76. The van der Waals surface area contributed by atoms with Crippen molar-refractivity contribution in [2.45, 2.75) is 19.4 Å². The van der Waals surface area contributed by atoms with Crippen LogP contribution >= 0.6 is 11.3 Å². The standard InChI is InChI=1S/C17H21NO2S/c1-13(11-14-7-6-10-21-14)18(2)12-16(19)15-8-4-5-9-17(15)20-3/h4-10,13H,11-12H2,1-3H3. The fraction of sp³-hybridized carbons (Fsp3) is 0.353. The molecule has 0 fully saturated rings. The molecule has 0 radical (unpaired) electrons. The molecule has 0 aliphatic heterocycles. The minimum Gasteiger partial charge on any atom is -0.496 e. The summed E-state index contributed by atoms with van der Waals surface area (Å²) in [7, 11) is 3.58. The third-order valence-corrected chi connectivity index (χ3v) is 4.53. The second-order valence-corrected chi connectivity index (χ2v) is 6.20. The van der Waals surface area contributed by atoms with Gasteiger partial charge in [0.1, 0.15) is 5.75 Å². The summed E-state index contributed by atoms with van der Waals surface area (Å²) < 4.78 is 5.26. The number of nitrogens with zero attached hydrogens (tertiary/aromatic N) is 1. The van der Waals surface area contributed by atoms with Crippen LogP contribution in [0.25, 0.3) is 0 Å². The number of hydrogen-bond acceptors (Lipinski definition) is 4. The van der Waals surface area contributed by atoms with Gasteiger partial charge >= 0.3 is 0 Å². The van der Waals surface area contributed by atoms with Crippen LogP contribution in [-0.2, 0) is 6.42 Å². The molecule has 112 valence electrons. The molecule has 1 heterocycles. The minimum absolute atomic E-state index is 0.0907. The zero-order chi connectivity index (χ0) is 15.2. The third-order valence-electron chi connectivity index (χ3n) is 3.63. The van der Waals surface area contributed by atoms with Gasteiger partial charge in [0.15, 0.2) is 5.78 Å². The Morgan fingerprint density at radius 3 is 2.71 bits per heavy atom. The summed E-state index contributed by atoms with van der Waals surface area (Å²) in [5.41, 5.74) is 0.648. The van der Waals surface area contributed by atoms with Crippen molar-refractivity contribution in [2.24, 2.45) is 0 Å². The number of thiophene rings is 1. The topological polar surface area (TPSA) is 29.5 Å². The van der Waals surface area contributed by atoms with Gasteiger partial charge in [0, 0.05) is 10.9 Å². The fourth-order valence-electron chi connectivity index (χ4n) is 2.22. The minimum atomic E-state index is 0.0907. The second kappa shape index (κ2) is 7.38. The molecule has 3 nitrogen and oxygen atoms in total. The molecule has 21 heavy (non-hydrogen) atoms. The number of Topliss-reactive ketones (excluding diaryl/α,β-unsaturated/α-hetero) is 1. The van der Waals surface area contributed by atoms with Gasteiger partial charge in [-0.1, -0.05) is 18.2 Å². The quantitative estimate of drug-likeness (QED) is 0.733. The summed E-state index contributed by atoms with van der Waals surface area (Å²) in [6.07, 6.45) is 0.966. The Labute approximate surface area is 130 Å². The lowest BCUT2D eigenvalue weighted by molar-refractivity contribution is 0.0921. The smallest absolute Gasteiger partial charge is 0.180 e. The van der Waals surface area contributed by atoms with Gasteiger partial charge in [-0.25, -0.2) is 0 Å². The van der Waals surface area contributed by atoms with E-state index in [2.05, 4.69) is 29.3 Å². The van der Waals surface area contributed by atoms with Crippen LogP contribution in [-0.4, -0.2) is 37.4 Å². The fourth-order valence-corrected chi connectivity index (χ4v) is 3.04. The Bertz CT molecular complexity index is 580. The Balaban J connectivity index is 1.98. The molecule has 0 spiro atoms. The molecule has 0 aliphatic carbocycles. The van der Waals surface area contributed by atoms with Gasteiger partial charge < -0.3 is 4.74 Å². The molecule has 2 aromatic rings. The summed E-state index contributed by atoms with van der Waals surface area (Å²) in [4.78, 5) is 15.9. The Kier molecular flexibility index (Phi) is 5.53. The first-order valence-corrected chi connectivity index (χ1v) is 7.88. The van der Waals surface area contributed by atoms with Crippen molar-refractivity contribution >= 4 is 17.1 Å². The molecule has 0 N–H and O–H groups in total. The number of ketones is 1. The van der Waals surface area contributed by atoms with E-state index in [0.717, 1.165) is 6.42 Å². The van der Waals surface area contributed by atoms with Gasteiger partial charge in [-0.05, 0) is 44.0 Å². The van der Waals surface area contributed by atoms with Crippen molar-refractivity contribution in [2.75, 3.05) is 20.7 Å². The Morgan fingerprint density at radius 1 is 1.29 bits per heavy atom. The SMILES string of the molecule is COc1ccccc1C(=O)CN(C)C(C)Cc1cccs1. The number of ether oxygens (including phenoxy) is 1. The summed E-state index contributed by atoms with van der Waals surface area (Å²) in [6, 6.07) is 11.9. The zero-order valence-corrected chi connectivity index (χ0v) is 13.5. The lowest BCUT2D eigenvalue weighted by Crippen LogP contribution is -2.35. The molecule has 2 rings (SSSR count). The third kappa shape index (κ3) is 4.16. The second-order valence-electron chi connectivity index (χ2n) is 5.17. The molecular weight excluding hydrogens is 282 g/mol. The first-order valence-electron chi connectivity index (χ1n) is 7.00. The van der Waals surface area contributed by atoms with Crippen LogP contribution in [0, 0.1) is 0 Å². The molecule has 0 bridgehead atoms. The van der Waals surface area contributed by atoms with E-state index in [9.17, 15) is 4.79 Å². The highest BCUT2D eigenvalue weighted by Gasteiger charge is 2.17. The van der Waals surface area contributed by atoms with Gasteiger partial charge in [0.2, 0.25) is 0 Å². The number of carbonyl (C=O) groups is 1. The zero-order valence-electron chi connectivity index (χ0n) is 12.7.